The molecule has 0 fully saturated rings. The fraction of sp³-hybridized carbons (Fsp3) is 0. The molecular formula is C6H6ClFN2O7S2. The number of hydrogen-bond acceptors (Lipinski definition) is 5. The lowest BCUT2D eigenvalue weighted by Gasteiger charge is -2.20. The Hall–Kier alpha value is -1.18. The van der Waals surface area contributed by atoms with Gasteiger partial charge in [0, 0.05) is 6.07 Å². The third-order valence-electron chi connectivity index (χ3n) is 1.66. The average molecular weight is 337 g/mol. The van der Waals surface area contributed by atoms with Gasteiger partial charge in [-0.1, -0.05) is 16.4 Å². The molecule has 0 aliphatic heterocycles. The fourth-order valence-electron chi connectivity index (χ4n) is 1.01. The van der Waals surface area contributed by atoms with E-state index in [0.29, 0.717) is 12.1 Å². The van der Waals surface area contributed by atoms with Crippen molar-refractivity contribution in [1.29, 1.82) is 0 Å². The number of benzene rings is 1. The van der Waals surface area contributed by atoms with E-state index in [-0.39, 0.29) is 0 Å². The van der Waals surface area contributed by atoms with Gasteiger partial charge in [-0.05, 0) is 6.07 Å². The molecule has 0 aromatic heterocycles. The zero-order valence-electron chi connectivity index (χ0n) is 8.65. The summed E-state index contributed by atoms with van der Waals surface area (Å²) in [5, 5.41) is 8.71. The van der Waals surface area contributed by atoms with Crippen molar-refractivity contribution in [2.45, 2.75) is 0 Å². The summed E-state index contributed by atoms with van der Waals surface area (Å²) < 4.78 is 73.0. The molecule has 0 aliphatic rings. The van der Waals surface area contributed by atoms with E-state index in [2.05, 4.69) is 0 Å². The van der Waals surface area contributed by atoms with Crippen LogP contribution >= 0.6 is 11.6 Å². The minimum absolute atomic E-state index is 0.420. The highest BCUT2D eigenvalue weighted by molar-refractivity contribution is 7.89. The number of nitrogens with zero attached hydrogens (tertiary/aromatic N) is 1. The van der Waals surface area contributed by atoms with Crippen LogP contribution in [0.5, 0.6) is 5.75 Å². The smallest absolute Gasteiger partial charge is 0.374 e. The van der Waals surface area contributed by atoms with E-state index in [1.165, 1.54) is 0 Å². The Balaban J connectivity index is 3.47. The third kappa shape index (κ3) is 4.15. The summed E-state index contributed by atoms with van der Waals surface area (Å²) in [5.41, 5.74) is -1.11. The maximum Gasteiger partial charge on any atom is 0.374 e. The Bertz CT molecular complexity index is 705. The van der Waals surface area contributed by atoms with Crippen LogP contribution < -0.4 is 9.25 Å². The first-order valence-corrected chi connectivity index (χ1v) is 7.34. The van der Waals surface area contributed by atoms with Gasteiger partial charge in [0.25, 0.3) is 0 Å². The van der Waals surface area contributed by atoms with Gasteiger partial charge < -0.3 is 5.11 Å². The Morgan fingerprint density at radius 3 is 2.16 bits per heavy atom. The van der Waals surface area contributed by atoms with E-state index in [4.69, 9.17) is 20.7 Å². The van der Waals surface area contributed by atoms with Crippen LogP contribution in [0.4, 0.5) is 10.1 Å². The van der Waals surface area contributed by atoms with Crippen LogP contribution in [0.3, 0.4) is 0 Å². The molecule has 0 unspecified atom stereocenters. The molecule has 0 heterocycles. The molecule has 0 saturated carbocycles. The summed E-state index contributed by atoms with van der Waals surface area (Å²) in [4.78, 5) is 0.929. The molecule has 9 nitrogen and oxygen atoms in total. The van der Waals surface area contributed by atoms with E-state index in [1.807, 2.05) is 0 Å². The Morgan fingerprint density at radius 2 is 1.74 bits per heavy atom. The predicted molar refractivity (Wildman–Crippen MR) is 61.8 cm³/mol. The molecule has 13 heteroatoms. The quantitative estimate of drug-likeness (QED) is 0.451. The van der Waals surface area contributed by atoms with E-state index in [1.54, 1.807) is 0 Å². The van der Waals surface area contributed by atoms with Crippen molar-refractivity contribution in [2.24, 2.45) is 0 Å². The molecule has 0 aliphatic carbocycles. The second kappa shape index (κ2) is 5.07. The maximum absolute atomic E-state index is 13.5. The maximum atomic E-state index is 13.5. The SMILES string of the molecule is O=S(=O)(O)NN(c1cc(O)c(Cl)cc1F)S(=O)(=O)O. The van der Waals surface area contributed by atoms with Crippen LogP contribution in [-0.2, 0) is 20.6 Å². The minimum Gasteiger partial charge on any atom is -0.506 e. The lowest BCUT2D eigenvalue weighted by Crippen LogP contribution is -2.46. The standard InChI is InChI=1S/C6H6ClFN2O7S2/c7-3-1-4(8)5(2-6(3)11)10(19(15,16)17)9-18(12,13)14/h1-2,9,11H,(H,12,13,14)(H,15,16,17). The highest BCUT2D eigenvalue weighted by Gasteiger charge is 2.28. The highest BCUT2D eigenvalue weighted by atomic mass is 35.5. The number of phenols is 1. The minimum atomic E-state index is -5.31. The molecule has 1 rings (SSSR count). The van der Waals surface area contributed by atoms with Gasteiger partial charge in [-0.25, -0.2) is 4.39 Å². The van der Waals surface area contributed by atoms with E-state index < -0.39 is 47.3 Å². The van der Waals surface area contributed by atoms with E-state index in [9.17, 15) is 26.3 Å². The second-order valence-electron chi connectivity index (χ2n) is 3.06. The van der Waals surface area contributed by atoms with Crippen LogP contribution in [-0.4, -0.2) is 31.0 Å². The lowest BCUT2D eigenvalue weighted by molar-refractivity contribution is 0.449. The van der Waals surface area contributed by atoms with E-state index >= 15 is 0 Å². The lowest BCUT2D eigenvalue weighted by atomic mass is 10.3. The molecule has 19 heavy (non-hydrogen) atoms. The molecule has 1 aromatic rings. The van der Waals surface area contributed by atoms with Crippen LogP contribution in [0.15, 0.2) is 12.1 Å². The summed E-state index contributed by atoms with van der Waals surface area (Å²) in [6.07, 6.45) is 0. The van der Waals surface area contributed by atoms with Crippen LogP contribution in [0.1, 0.15) is 0 Å². The number of nitrogens with one attached hydrogen (secondary N) is 1. The second-order valence-corrected chi connectivity index (χ2v) is 5.86. The monoisotopic (exact) mass is 336 g/mol. The van der Waals surface area contributed by atoms with Gasteiger partial charge in [-0.3, -0.25) is 9.11 Å². The highest BCUT2D eigenvalue weighted by Crippen LogP contribution is 2.31. The first-order valence-electron chi connectivity index (χ1n) is 4.12. The van der Waals surface area contributed by atoms with Gasteiger partial charge in [0.1, 0.15) is 11.4 Å². The normalized spacial score (nSPS) is 12.4. The number of rotatable bonds is 4. The van der Waals surface area contributed by atoms with Crippen molar-refractivity contribution in [3.05, 3.63) is 23.0 Å². The molecule has 108 valence electrons. The predicted octanol–water partition coefficient (Wildman–Crippen LogP) is 0.101. The molecule has 0 saturated heterocycles. The van der Waals surface area contributed by atoms with Crippen molar-refractivity contribution in [3.8, 4) is 5.75 Å². The number of anilines is 1. The van der Waals surface area contributed by atoms with Gasteiger partial charge in [-0.2, -0.15) is 21.2 Å². The zero-order valence-corrected chi connectivity index (χ0v) is 11.0. The summed E-state index contributed by atoms with van der Waals surface area (Å²) >= 11 is 5.33. The number of hydrazine groups is 1. The van der Waals surface area contributed by atoms with Crippen molar-refractivity contribution in [2.75, 3.05) is 4.41 Å². The average Bonchev–Trinajstić information content (AvgIpc) is 2.17. The summed E-state index contributed by atoms with van der Waals surface area (Å²) in [7, 11) is -10.5. The van der Waals surface area contributed by atoms with Crippen LogP contribution in [0.25, 0.3) is 0 Å². The van der Waals surface area contributed by atoms with Gasteiger partial charge in [0.05, 0.1) is 5.02 Å². The van der Waals surface area contributed by atoms with Gasteiger partial charge >= 0.3 is 20.6 Å². The third-order valence-corrected chi connectivity index (χ3v) is 3.25. The van der Waals surface area contributed by atoms with Crippen molar-refractivity contribution in [1.82, 2.24) is 4.83 Å². The topological polar surface area (TPSA) is 144 Å². The molecule has 1 aromatic carbocycles. The number of hydrogen-bond donors (Lipinski definition) is 4. The fourth-order valence-corrected chi connectivity index (χ4v) is 2.51. The molecule has 0 spiro atoms. The summed E-state index contributed by atoms with van der Waals surface area (Å²) in [5.74, 6) is -2.18. The van der Waals surface area contributed by atoms with Crippen molar-refractivity contribution < 1.29 is 35.4 Å². The molecule has 4 N–H and O–H groups in total. The van der Waals surface area contributed by atoms with Crippen LogP contribution in [0.2, 0.25) is 5.02 Å². The Labute approximate surface area is 112 Å². The van der Waals surface area contributed by atoms with Crippen molar-refractivity contribution in [3.63, 3.8) is 0 Å². The zero-order chi connectivity index (χ0) is 15.0. The van der Waals surface area contributed by atoms with Gasteiger partial charge in [0.15, 0.2) is 5.82 Å². The summed E-state index contributed by atoms with van der Waals surface area (Å²) in [6, 6.07) is 0.889. The Kier molecular flexibility index (Phi) is 4.23. The largest absolute Gasteiger partial charge is 0.506 e. The van der Waals surface area contributed by atoms with Crippen molar-refractivity contribution >= 4 is 37.9 Å². The number of phenolic OH excluding ortho intramolecular Hbond substituents is 1. The molecule has 0 atom stereocenters. The van der Waals surface area contributed by atoms with Crippen LogP contribution in [0, 0.1) is 5.82 Å². The first kappa shape index (κ1) is 15.9. The number of halogens is 2. The molecule has 0 amide bonds. The van der Waals surface area contributed by atoms with Gasteiger partial charge in [0.2, 0.25) is 0 Å². The first-order chi connectivity index (χ1) is 8.42. The molecular weight excluding hydrogens is 331 g/mol. The summed E-state index contributed by atoms with van der Waals surface area (Å²) in [6.45, 7) is 0. The molecule has 0 radical (unpaired) electrons. The van der Waals surface area contributed by atoms with E-state index in [0.717, 1.165) is 4.83 Å². The Morgan fingerprint density at radius 1 is 1.21 bits per heavy atom. The molecule has 0 bridgehead atoms. The number of aromatic hydroxyl groups is 1. The van der Waals surface area contributed by atoms with Gasteiger partial charge in [-0.15, -0.1) is 0 Å².